The fraction of sp³-hybridized carbons (Fsp3) is 0.348. The maximum absolute atomic E-state index is 12.9. The normalized spacial score (nSPS) is 18.4. The number of rotatable bonds is 5. The number of carbonyl (C=O) groups excluding carboxylic acids is 3. The van der Waals surface area contributed by atoms with Crippen molar-refractivity contribution in [2.75, 3.05) is 11.9 Å². The second-order valence-corrected chi connectivity index (χ2v) is 7.79. The summed E-state index contributed by atoms with van der Waals surface area (Å²) in [4.78, 5) is 39.5. The third kappa shape index (κ3) is 4.31. The zero-order valence-electron chi connectivity index (χ0n) is 16.5. The van der Waals surface area contributed by atoms with Crippen molar-refractivity contribution in [1.29, 1.82) is 0 Å². The van der Waals surface area contributed by atoms with Gasteiger partial charge >= 0.3 is 0 Å². The molecule has 2 fully saturated rings. The first-order valence-electron chi connectivity index (χ1n) is 10.1. The number of benzene rings is 2. The number of carbonyl (C=O) groups is 3. The van der Waals surface area contributed by atoms with Crippen LogP contribution in [0.2, 0.25) is 0 Å². The molecular weight excluding hydrogens is 366 g/mol. The second kappa shape index (κ2) is 8.07. The first-order valence-corrected chi connectivity index (χ1v) is 10.1. The van der Waals surface area contributed by atoms with Crippen molar-refractivity contribution in [3.8, 4) is 0 Å². The van der Waals surface area contributed by atoms with Gasteiger partial charge in [-0.05, 0) is 68.5 Å². The van der Waals surface area contributed by atoms with Gasteiger partial charge in [-0.2, -0.15) is 0 Å². The van der Waals surface area contributed by atoms with Crippen molar-refractivity contribution >= 4 is 23.4 Å². The standard InChI is InChI=1S/C23H25N3O3/c1-15-5-2-3-6-19(15)21(27)24-17-10-8-16(9-11-17)23(29)26-14-4-7-20(26)22(28)25-18-12-13-18/h2-3,5-6,8-11,18,20H,4,7,12-14H2,1H3,(H,24,27)(H,25,28)/t20-/m1/s1. The molecule has 0 radical (unpaired) electrons. The number of likely N-dealkylation sites (tertiary alicyclic amines) is 1. The van der Waals surface area contributed by atoms with E-state index >= 15 is 0 Å². The summed E-state index contributed by atoms with van der Waals surface area (Å²) >= 11 is 0. The Morgan fingerprint density at radius 1 is 0.966 bits per heavy atom. The van der Waals surface area contributed by atoms with Gasteiger partial charge in [0.25, 0.3) is 11.8 Å². The molecule has 0 bridgehead atoms. The molecule has 150 valence electrons. The van der Waals surface area contributed by atoms with Crippen molar-refractivity contribution < 1.29 is 14.4 Å². The molecule has 2 aliphatic rings. The third-order valence-electron chi connectivity index (χ3n) is 5.52. The SMILES string of the molecule is Cc1ccccc1C(=O)Nc1ccc(C(=O)N2CCC[C@@H]2C(=O)NC2CC2)cc1. The molecule has 2 aromatic rings. The molecule has 1 atom stereocenters. The second-order valence-electron chi connectivity index (χ2n) is 7.79. The molecule has 2 N–H and O–H groups in total. The van der Waals surface area contributed by atoms with Crippen LogP contribution >= 0.6 is 0 Å². The Hall–Kier alpha value is -3.15. The van der Waals surface area contributed by atoms with Crippen LogP contribution in [0.25, 0.3) is 0 Å². The molecule has 4 rings (SSSR count). The summed E-state index contributed by atoms with van der Waals surface area (Å²) in [5.74, 6) is -0.366. The van der Waals surface area contributed by atoms with E-state index in [1.807, 2.05) is 25.1 Å². The van der Waals surface area contributed by atoms with Crippen molar-refractivity contribution in [3.63, 3.8) is 0 Å². The van der Waals surface area contributed by atoms with Gasteiger partial charge in [0.15, 0.2) is 0 Å². The summed E-state index contributed by atoms with van der Waals surface area (Å²) in [5, 5.41) is 5.86. The van der Waals surface area contributed by atoms with Crippen molar-refractivity contribution in [1.82, 2.24) is 10.2 Å². The molecule has 1 aliphatic carbocycles. The van der Waals surface area contributed by atoms with E-state index in [-0.39, 0.29) is 29.8 Å². The largest absolute Gasteiger partial charge is 0.352 e. The molecule has 1 aliphatic heterocycles. The Balaban J connectivity index is 1.41. The number of amides is 3. The fourth-order valence-electron chi connectivity index (χ4n) is 3.70. The molecule has 2 aromatic carbocycles. The predicted molar refractivity (Wildman–Crippen MR) is 111 cm³/mol. The lowest BCUT2D eigenvalue weighted by Gasteiger charge is -2.24. The molecule has 3 amide bonds. The van der Waals surface area contributed by atoms with E-state index in [0.717, 1.165) is 24.8 Å². The molecule has 0 spiro atoms. The Morgan fingerprint density at radius 2 is 1.69 bits per heavy atom. The van der Waals surface area contributed by atoms with Crippen LogP contribution in [-0.2, 0) is 4.79 Å². The average Bonchev–Trinajstić information content (AvgIpc) is 3.39. The quantitative estimate of drug-likeness (QED) is 0.822. The highest BCUT2D eigenvalue weighted by atomic mass is 16.2. The number of hydrogen-bond donors (Lipinski definition) is 2. The fourth-order valence-corrected chi connectivity index (χ4v) is 3.70. The Morgan fingerprint density at radius 3 is 2.38 bits per heavy atom. The van der Waals surface area contributed by atoms with E-state index in [2.05, 4.69) is 10.6 Å². The van der Waals surface area contributed by atoms with E-state index < -0.39 is 0 Å². The smallest absolute Gasteiger partial charge is 0.255 e. The Bertz CT molecular complexity index is 935. The summed E-state index contributed by atoms with van der Waals surface area (Å²) in [6, 6.07) is 14.1. The number of nitrogens with one attached hydrogen (secondary N) is 2. The molecular formula is C23H25N3O3. The Kier molecular flexibility index (Phi) is 5.34. The average molecular weight is 391 g/mol. The third-order valence-corrected chi connectivity index (χ3v) is 5.52. The highest BCUT2D eigenvalue weighted by Gasteiger charge is 2.36. The van der Waals surface area contributed by atoms with E-state index in [4.69, 9.17) is 0 Å². The lowest BCUT2D eigenvalue weighted by atomic mass is 10.1. The lowest BCUT2D eigenvalue weighted by molar-refractivity contribution is -0.125. The van der Waals surface area contributed by atoms with Crippen LogP contribution in [0.3, 0.4) is 0 Å². The summed E-state index contributed by atoms with van der Waals surface area (Å²) < 4.78 is 0. The molecule has 6 heteroatoms. The number of hydrogen-bond acceptors (Lipinski definition) is 3. The van der Waals surface area contributed by atoms with Crippen LogP contribution < -0.4 is 10.6 Å². The molecule has 29 heavy (non-hydrogen) atoms. The van der Waals surface area contributed by atoms with Crippen LogP contribution in [0.15, 0.2) is 48.5 Å². The van der Waals surface area contributed by atoms with Gasteiger partial charge in [0.1, 0.15) is 6.04 Å². The summed E-state index contributed by atoms with van der Waals surface area (Å²) in [6.45, 7) is 2.48. The van der Waals surface area contributed by atoms with Gasteiger partial charge in [-0.15, -0.1) is 0 Å². The highest BCUT2D eigenvalue weighted by molar-refractivity contribution is 6.05. The molecule has 1 saturated heterocycles. The minimum Gasteiger partial charge on any atom is -0.352 e. The van der Waals surface area contributed by atoms with Crippen LogP contribution in [0.4, 0.5) is 5.69 Å². The molecule has 1 saturated carbocycles. The minimum atomic E-state index is -0.386. The zero-order valence-corrected chi connectivity index (χ0v) is 16.5. The van der Waals surface area contributed by atoms with E-state index in [1.165, 1.54) is 0 Å². The number of nitrogens with zero attached hydrogens (tertiary/aromatic N) is 1. The van der Waals surface area contributed by atoms with Gasteiger partial charge in [-0.25, -0.2) is 0 Å². The molecule has 0 aromatic heterocycles. The number of anilines is 1. The molecule has 0 unspecified atom stereocenters. The van der Waals surface area contributed by atoms with Gasteiger partial charge in [-0.1, -0.05) is 18.2 Å². The maximum atomic E-state index is 12.9. The molecule has 1 heterocycles. The summed E-state index contributed by atoms with van der Waals surface area (Å²) in [5.41, 5.74) is 2.67. The topological polar surface area (TPSA) is 78.5 Å². The van der Waals surface area contributed by atoms with Gasteiger partial charge in [-0.3, -0.25) is 14.4 Å². The van der Waals surface area contributed by atoms with Gasteiger partial charge in [0, 0.05) is 29.4 Å². The zero-order chi connectivity index (χ0) is 20.4. The van der Waals surface area contributed by atoms with Crippen molar-refractivity contribution in [2.24, 2.45) is 0 Å². The first-order chi connectivity index (χ1) is 14.0. The van der Waals surface area contributed by atoms with Crippen LogP contribution in [0.1, 0.15) is 52.0 Å². The van der Waals surface area contributed by atoms with E-state index in [1.54, 1.807) is 35.2 Å². The van der Waals surface area contributed by atoms with Gasteiger partial charge < -0.3 is 15.5 Å². The van der Waals surface area contributed by atoms with Crippen molar-refractivity contribution in [3.05, 3.63) is 65.2 Å². The van der Waals surface area contributed by atoms with Crippen LogP contribution in [0.5, 0.6) is 0 Å². The summed E-state index contributed by atoms with van der Waals surface area (Å²) in [7, 11) is 0. The molecule has 6 nitrogen and oxygen atoms in total. The lowest BCUT2D eigenvalue weighted by Crippen LogP contribution is -2.46. The number of aryl methyl sites for hydroxylation is 1. The Labute approximate surface area is 170 Å². The van der Waals surface area contributed by atoms with Crippen LogP contribution in [-0.4, -0.2) is 41.2 Å². The highest BCUT2D eigenvalue weighted by Crippen LogP contribution is 2.24. The summed E-state index contributed by atoms with van der Waals surface area (Å²) in [6.07, 6.45) is 3.60. The van der Waals surface area contributed by atoms with Gasteiger partial charge in [0.05, 0.1) is 0 Å². The monoisotopic (exact) mass is 391 g/mol. The predicted octanol–water partition coefficient (Wildman–Crippen LogP) is 3.13. The first kappa shape index (κ1) is 19.2. The maximum Gasteiger partial charge on any atom is 0.255 e. The van der Waals surface area contributed by atoms with Crippen LogP contribution in [0, 0.1) is 6.92 Å². The minimum absolute atomic E-state index is 0.0412. The van der Waals surface area contributed by atoms with Gasteiger partial charge in [0.2, 0.25) is 5.91 Å². The van der Waals surface area contributed by atoms with E-state index in [9.17, 15) is 14.4 Å². The van der Waals surface area contributed by atoms with Crippen molar-refractivity contribution in [2.45, 2.75) is 44.7 Å². The van der Waals surface area contributed by atoms with E-state index in [0.29, 0.717) is 29.8 Å².